The number of ether oxygens (including phenoxy) is 1. The number of benzene rings is 2. The first kappa shape index (κ1) is 19.4. The fourth-order valence-corrected chi connectivity index (χ4v) is 4.35. The van der Waals surface area contributed by atoms with E-state index >= 15 is 0 Å². The maximum Gasteiger partial charge on any atom is 0.229 e. The van der Waals surface area contributed by atoms with Crippen molar-refractivity contribution in [1.29, 1.82) is 0 Å². The zero-order valence-electron chi connectivity index (χ0n) is 17.4. The molecule has 0 saturated carbocycles. The summed E-state index contributed by atoms with van der Waals surface area (Å²) in [6.07, 6.45) is 4.29. The lowest BCUT2D eigenvalue weighted by Crippen LogP contribution is -2.28. The summed E-state index contributed by atoms with van der Waals surface area (Å²) in [5.41, 5.74) is 3.70. The molecule has 31 heavy (non-hydrogen) atoms. The molecule has 7 nitrogen and oxygen atoms in total. The maximum atomic E-state index is 12.8. The van der Waals surface area contributed by atoms with Gasteiger partial charge in [0, 0.05) is 37.3 Å². The Kier molecular flexibility index (Phi) is 4.94. The molecular weight excluding hydrogens is 392 g/mol. The van der Waals surface area contributed by atoms with Crippen molar-refractivity contribution in [3.8, 4) is 17.0 Å². The summed E-state index contributed by atoms with van der Waals surface area (Å²) in [6, 6.07) is 15.1. The highest BCUT2D eigenvalue weighted by Gasteiger charge is 2.35. The van der Waals surface area contributed by atoms with Crippen LogP contribution < -0.4 is 15.0 Å². The van der Waals surface area contributed by atoms with Crippen LogP contribution in [0.3, 0.4) is 0 Å². The number of nitrogens with zero attached hydrogens (tertiary/aromatic N) is 3. The van der Waals surface area contributed by atoms with Crippen molar-refractivity contribution in [1.82, 2.24) is 9.55 Å². The van der Waals surface area contributed by atoms with Crippen molar-refractivity contribution in [2.24, 2.45) is 5.92 Å². The number of aryl methyl sites for hydroxylation is 1. The van der Waals surface area contributed by atoms with E-state index in [1.165, 1.54) is 0 Å². The van der Waals surface area contributed by atoms with Gasteiger partial charge in [0.15, 0.2) is 0 Å². The molecule has 0 spiro atoms. The summed E-state index contributed by atoms with van der Waals surface area (Å²) in [6.45, 7) is 1.38. The number of hydrogen-bond acceptors (Lipinski definition) is 4. The van der Waals surface area contributed by atoms with Gasteiger partial charge in [0.2, 0.25) is 11.8 Å². The van der Waals surface area contributed by atoms with Gasteiger partial charge >= 0.3 is 0 Å². The van der Waals surface area contributed by atoms with Crippen molar-refractivity contribution in [2.75, 3.05) is 23.9 Å². The Balaban J connectivity index is 1.24. The second kappa shape index (κ2) is 7.91. The minimum atomic E-state index is -0.382. The molecule has 1 atom stereocenters. The van der Waals surface area contributed by atoms with Crippen LogP contribution in [-0.2, 0) is 22.6 Å². The Morgan fingerprint density at radius 2 is 1.90 bits per heavy atom. The predicted octanol–water partition coefficient (Wildman–Crippen LogP) is 3.50. The second-order valence-corrected chi connectivity index (χ2v) is 7.98. The van der Waals surface area contributed by atoms with Crippen molar-refractivity contribution in [3.63, 3.8) is 0 Å². The molecule has 3 heterocycles. The van der Waals surface area contributed by atoms with Crippen molar-refractivity contribution < 1.29 is 14.3 Å². The van der Waals surface area contributed by atoms with E-state index in [1.807, 2.05) is 54.7 Å². The molecule has 3 aromatic rings. The van der Waals surface area contributed by atoms with E-state index in [2.05, 4.69) is 14.9 Å². The van der Waals surface area contributed by atoms with Crippen LogP contribution in [0.2, 0.25) is 0 Å². The van der Waals surface area contributed by atoms with Gasteiger partial charge in [0.1, 0.15) is 11.6 Å². The largest absolute Gasteiger partial charge is 0.497 e. The van der Waals surface area contributed by atoms with Crippen LogP contribution in [0.4, 0.5) is 11.4 Å². The molecule has 2 aromatic carbocycles. The van der Waals surface area contributed by atoms with Crippen molar-refractivity contribution in [2.45, 2.75) is 25.8 Å². The number of fused-ring (bicyclic) bond motifs is 1. The number of amides is 2. The maximum absolute atomic E-state index is 12.8. The van der Waals surface area contributed by atoms with Gasteiger partial charge in [-0.1, -0.05) is 12.1 Å². The lowest BCUT2D eigenvalue weighted by molar-refractivity contribution is -0.122. The van der Waals surface area contributed by atoms with E-state index in [0.717, 1.165) is 53.6 Å². The Bertz CT molecular complexity index is 1120. The summed E-state index contributed by atoms with van der Waals surface area (Å²) in [7, 11) is 1.60. The van der Waals surface area contributed by atoms with Gasteiger partial charge in [0.25, 0.3) is 0 Å². The van der Waals surface area contributed by atoms with Crippen LogP contribution in [-0.4, -0.2) is 35.0 Å². The topological polar surface area (TPSA) is 76.5 Å². The van der Waals surface area contributed by atoms with Gasteiger partial charge in [-0.05, 0) is 48.4 Å². The predicted molar refractivity (Wildman–Crippen MR) is 118 cm³/mol. The lowest BCUT2D eigenvalue weighted by Gasteiger charge is -2.17. The fourth-order valence-electron chi connectivity index (χ4n) is 4.35. The van der Waals surface area contributed by atoms with Crippen molar-refractivity contribution >= 4 is 23.2 Å². The lowest BCUT2D eigenvalue weighted by atomic mass is 10.1. The molecular formula is C24H24N4O3. The number of methoxy groups -OCH3 is 1. The summed E-state index contributed by atoms with van der Waals surface area (Å²) in [5, 5.41) is 2.96. The minimum Gasteiger partial charge on any atom is -0.497 e. The smallest absolute Gasteiger partial charge is 0.229 e. The van der Waals surface area contributed by atoms with Gasteiger partial charge in [0.05, 0.1) is 24.9 Å². The third-order valence-electron chi connectivity index (χ3n) is 6.05. The first-order chi connectivity index (χ1) is 15.1. The quantitative estimate of drug-likeness (QED) is 0.691. The Morgan fingerprint density at radius 1 is 1.13 bits per heavy atom. The van der Waals surface area contributed by atoms with E-state index in [9.17, 15) is 9.59 Å². The van der Waals surface area contributed by atoms with Gasteiger partial charge in [-0.25, -0.2) is 4.98 Å². The number of nitrogens with one attached hydrogen (secondary N) is 1. The molecule has 1 unspecified atom stereocenters. The van der Waals surface area contributed by atoms with E-state index < -0.39 is 0 Å². The zero-order chi connectivity index (χ0) is 21.4. The van der Waals surface area contributed by atoms with Crippen LogP contribution in [0.5, 0.6) is 5.75 Å². The Morgan fingerprint density at radius 3 is 2.65 bits per heavy atom. The number of carbonyl (C=O) groups excluding carboxylic acids is 2. The average Bonchev–Trinajstić information content (AvgIpc) is 3.50. The van der Waals surface area contributed by atoms with E-state index in [1.54, 1.807) is 12.0 Å². The van der Waals surface area contributed by atoms with Gasteiger partial charge in [-0.3, -0.25) is 9.59 Å². The average molecular weight is 416 g/mol. The first-order valence-corrected chi connectivity index (χ1v) is 10.5. The molecule has 5 rings (SSSR count). The second-order valence-electron chi connectivity index (χ2n) is 7.98. The Hall–Kier alpha value is -3.61. The highest BCUT2D eigenvalue weighted by molar-refractivity contribution is 6.03. The highest BCUT2D eigenvalue weighted by Crippen LogP contribution is 2.29. The molecule has 2 amide bonds. The van der Waals surface area contributed by atoms with Gasteiger partial charge in [-0.2, -0.15) is 0 Å². The SMILES string of the molecule is COc1ccc(N2CC(C(=O)Nc3ccc(-c4cnc5n4CCC5)cc3)CC2=O)cc1. The van der Waals surface area contributed by atoms with E-state index in [4.69, 9.17) is 4.74 Å². The van der Waals surface area contributed by atoms with Crippen LogP contribution in [0.1, 0.15) is 18.7 Å². The van der Waals surface area contributed by atoms with Crippen LogP contribution in [0, 0.1) is 5.92 Å². The number of hydrogen-bond donors (Lipinski definition) is 1. The Labute approximate surface area is 180 Å². The third-order valence-corrected chi connectivity index (χ3v) is 6.05. The van der Waals surface area contributed by atoms with Crippen LogP contribution in [0.15, 0.2) is 54.7 Å². The van der Waals surface area contributed by atoms with Crippen LogP contribution in [0.25, 0.3) is 11.3 Å². The number of aromatic nitrogens is 2. The molecule has 0 radical (unpaired) electrons. The number of carbonyl (C=O) groups is 2. The minimum absolute atomic E-state index is 0.0461. The van der Waals surface area contributed by atoms with Gasteiger partial charge in [-0.15, -0.1) is 0 Å². The molecule has 1 aromatic heterocycles. The summed E-state index contributed by atoms with van der Waals surface area (Å²) in [5.74, 6) is 1.30. The highest BCUT2D eigenvalue weighted by atomic mass is 16.5. The molecule has 2 aliphatic heterocycles. The fraction of sp³-hybridized carbons (Fsp3) is 0.292. The van der Waals surface area contributed by atoms with Gasteiger partial charge < -0.3 is 19.5 Å². The summed E-state index contributed by atoms with van der Waals surface area (Å²) >= 11 is 0. The normalized spacial score (nSPS) is 17.6. The number of anilines is 2. The summed E-state index contributed by atoms with van der Waals surface area (Å²) in [4.78, 5) is 31.4. The molecule has 0 aliphatic carbocycles. The molecule has 2 aliphatic rings. The van der Waals surface area contributed by atoms with E-state index in [-0.39, 0.29) is 24.2 Å². The monoisotopic (exact) mass is 416 g/mol. The third kappa shape index (κ3) is 3.67. The molecule has 1 saturated heterocycles. The zero-order valence-corrected chi connectivity index (χ0v) is 17.4. The molecule has 1 fully saturated rings. The van der Waals surface area contributed by atoms with Crippen LogP contribution >= 0.6 is 0 Å². The summed E-state index contributed by atoms with van der Waals surface area (Å²) < 4.78 is 7.42. The van der Waals surface area contributed by atoms with E-state index in [0.29, 0.717) is 6.54 Å². The van der Waals surface area contributed by atoms with Crippen molar-refractivity contribution in [3.05, 3.63) is 60.6 Å². The molecule has 7 heteroatoms. The first-order valence-electron chi connectivity index (χ1n) is 10.5. The number of imidazole rings is 1. The molecule has 158 valence electrons. The molecule has 0 bridgehead atoms. The number of rotatable bonds is 5. The molecule has 1 N–H and O–H groups in total. The standard InChI is InChI=1S/C24H24N4O3/c1-31-20-10-8-19(9-11-20)28-15-17(13-23(28)29)24(30)26-18-6-4-16(5-7-18)21-14-25-22-3-2-12-27(21)22/h4-11,14,17H,2-3,12-13,15H2,1H3,(H,26,30).